The summed E-state index contributed by atoms with van der Waals surface area (Å²) >= 11 is 0. The van der Waals surface area contributed by atoms with E-state index < -0.39 is 0 Å². The van der Waals surface area contributed by atoms with E-state index in [1.54, 1.807) is 0 Å². The fourth-order valence-corrected chi connectivity index (χ4v) is 0.510. The van der Waals surface area contributed by atoms with Gasteiger partial charge in [0.2, 0.25) is 0 Å². The fraction of sp³-hybridized carbons (Fsp3) is 1.00. The largest absolute Gasteiger partial charge is 0.381 e. The van der Waals surface area contributed by atoms with Crippen molar-refractivity contribution in [2.75, 3.05) is 13.2 Å². The molecule has 0 spiro atoms. The van der Waals surface area contributed by atoms with E-state index in [2.05, 4.69) is 27.7 Å². The highest BCUT2D eigenvalue weighted by Gasteiger charge is 1.95. The van der Waals surface area contributed by atoms with Gasteiger partial charge in [-0.3, -0.25) is 0 Å². The van der Waals surface area contributed by atoms with E-state index in [-0.39, 0.29) is 0 Å². The van der Waals surface area contributed by atoms with Crippen LogP contribution < -0.4 is 0 Å². The van der Waals surface area contributed by atoms with E-state index in [9.17, 15) is 0 Å². The Kier molecular flexibility index (Phi) is 4.71. The first-order chi connectivity index (χ1) is 4.50. The number of hydrogen-bond acceptors (Lipinski definition) is 1. The lowest BCUT2D eigenvalue weighted by molar-refractivity contribution is 0.198. The van der Waals surface area contributed by atoms with Crippen molar-refractivity contribution in [1.29, 1.82) is 0 Å². The van der Waals surface area contributed by atoms with Crippen LogP contribution in [0, 0.1) is 5.41 Å². The van der Waals surface area contributed by atoms with Crippen molar-refractivity contribution in [3.63, 3.8) is 0 Å². The SMILES string of the molecule is C1CCOC1.CC(C)(C)C. The van der Waals surface area contributed by atoms with Crippen LogP contribution in [0.2, 0.25) is 0 Å². The monoisotopic (exact) mass is 144 g/mol. The van der Waals surface area contributed by atoms with Gasteiger partial charge in [0.05, 0.1) is 0 Å². The first-order valence-corrected chi connectivity index (χ1v) is 4.08. The van der Waals surface area contributed by atoms with Gasteiger partial charge in [-0.15, -0.1) is 0 Å². The molecule has 0 saturated carbocycles. The summed E-state index contributed by atoms with van der Waals surface area (Å²) in [6.45, 7) is 10.8. The molecule has 62 valence electrons. The third-order valence-electron chi connectivity index (χ3n) is 0.827. The summed E-state index contributed by atoms with van der Waals surface area (Å²) in [4.78, 5) is 0. The molecule has 0 bridgehead atoms. The standard InChI is InChI=1S/C5H12.C4H8O/c1-5(2,3)4;1-2-4-5-3-1/h1-4H3;1-4H2. The lowest BCUT2D eigenvalue weighted by Gasteiger charge is -2.05. The van der Waals surface area contributed by atoms with Crippen molar-refractivity contribution < 1.29 is 4.74 Å². The summed E-state index contributed by atoms with van der Waals surface area (Å²) in [6, 6.07) is 0. The lowest BCUT2D eigenvalue weighted by Crippen LogP contribution is -1.93. The second kappa shape index (κ2) is 4.73. The van der Waals surface area contributed by atoms with E-state index in [1.807, 2.05) is 0 Å². The average molecular weight is 144 g/mol. The summed E-state index contributed by atoms with van der Waals surface area (Å²) < 4.78 is 4.94. The minimum absolute atomic E-state index is 0.500. The highest BCUT2D eigenvalue weighted by atomic mass is 16.5. The van der Waals surface area contributed by atoms with Crippen molar-refractivity contribution in [3.05, 3.63) is 0 Å². The topological polar surface area (TPSA) is 9.23 Å². The molecule has 0 aromatic carbocycles. The van der Waals surface area contributed by atoms with Crippen LogP contribution in [0.1, 0.15) is 40.5 Å². The van der Waals surface area contributed by atoms with Gasteiger partial charge < -0.3 is 4.74 Å². The maximum atomic E-state index is 4.94. The van der Waals surface area contributed by atoms with Crippen molar-refractivity contribution >= 4 is 0 Å². The molecular formula is C9H20O. The second-order valence-corrected chi connectivity index (χ2v) is 4.32. The van der Waals surface area contributed by atoms with Gasteiger partial charge in [0, 0.05) is 13.2 Å². The molecule has 0 amide bonds. The molecule has 0 N–H and O–H groups in total. The summed E-state index contributed by atoms with van der Waals surface area (Å²) in [5.74, 6) is 0. The molecule has 0 aromatic heterocycles. The van der Waals surface area contributed by atoms with Crippen LogP contribution in [0.3, 0.4) is 0 Å². The average Bonchev–Trinajstić information content (AvgIpc) is 2.07. The molecule has 1 nitrogen and oxygen atoms in total. The molecule has 1 fully saturated rings. The zero-order valence-corrected chi connectivity index (χ0v) is 7.74. The number of hydrogen-bond donors (Lipinski definition) is 0. The highest BCUT2D eigenvalue weighted by Crippen LogP contribution is 2.08. The number of ether oxygens (including phenoxy) is 1. The Morgan fingerprint density at radius 2 is 1.20 bits per heavy atom. The van der Waals surface area contributed by atoms with Gasteiger partial charge in [0.15, 0.2) is 0 Å². The molecule has 0 unspecified atom stereocenters. The third kappa shape index (κ3) is 15.7. The summed E-state index contributed by atoms with van der Waals surface area (Å²) in [7, 11) is 0. The zero-order chi connectivity index (χ0) is 8.04. The lowest BCUT2D eigenvalue weighted by atomic mass is 10.0. The second-order valence-electron chi connectivity index (χ2n) is 4.32. The molecule has 1 saturated heterocycles. The molecule has 1 rings (SSSR count). The van der Waals surface area contributed by atoms with Gasteiger partial charge in [-0.1, -0.05) is 27.7 Å². The Bertz CT molecular complexity index is 53.7. The Hall–Kier alpha value is -0.0400. The van der Waals surface area contributed by atoms with Crippen LogP contribution in [-0.4, -0.2) is 13.2 Å². The molecule has 0 atom stereocenters. The molecule has 0 aromatic rings. The number of rotatable bonds is 0. The molecule has 0 radical (unpaired) electrons. The molecule has 1 heterocycles. The zero-order valence-electron chi connectivity index (χ0n) is 7.74. The predicted molar refractivity (Wildman–Crippen MR) is 45.2 cm³/mol. The molecule has 0 aliphatic carbocycles. The molecular weight excluding hydrogens is 124 g/mol. The first-order valence-electron chi connectivity index (χ1n) is 4.08. The van der Waals surface area contributed by atoms with Gasteiger partial charge in [-0.05, 0) is 18.3 Å². The smallest absolute Gasteiger partial charge is 0.0466 e. The summed E-state index contributed by atoms with van der Waals surface area (Å²) in [5.41, 5.74) is 0.500. The fourth-order valence-electron chi connectivity index (χ4n) is 0.510. The van der Waals surface area contributed by atoms with Crippen molar-refractivity contribution in [1.82, 2.24) is 0 Å². The van der Waals surface area contributed by atoms with E-state index in [0.29, 0.717) is 5.41 Å². The maximum Gasteiger partial charge on any atom is 0.0466 e. The molecule has 1 aliphatic heterocycles. The highest BCUT2D eigenvalue weighted by molar-refractivity contribution is 4.47. The quantitative estimate of drug-likeness (QED) is 0.508. The first kappa shape index (κ1) is 9.96. The van der Waals surface area contributed by atoms with Gasteiger partial charge >= 0.3 is 0 Å². The van der Waals surface area contributed by atoms with Crippen molar-refractivity contribution in [2.24, 2.45) is 5.41 Å². The van der Waals surface area contributed by atoms with E-state index in [1.165, 1.54) is 12.8 Å². The Balaban J connectivity index is 0.000000162. The van der Waals surface area contributed by atoms with Crippen LogP contribution in [0.4, 0.5) is 0 Å². The van der Waals surface area contributed by atoms with E-state index in [0.717, 1.165) is 13.2 Å². The minimum Gasteiger partial charge on any atom is -0.381 e. The van der Waals surface area contributed by atoms with Crippen LogP contribution >= 0.6 is 0 Å². The Morgan fingerprint density at radius 1 is 0.900 bits per heavy atom. The minimum atomic E-state index is 0.500. The third-order valence-corrected chi connectivity index (χ3v) is 0.827. The molecule has 1 heteroatoms. The normalized spacial score (nSPS) is 18.0. The Labute approximate surface area is 64.8 Å². The van der Waals surface area contributed by atoms with Crippen LogP contribution in [0.5, 0.6) is 0 Å². The van der Waals surface area contributed by atoms with E-state index in [4.69, 9.17) is 4.74 Å². The van der Waals surface area contributed by atoms with Gasteiger partial charge in [0.25, 0.3) is 0 Å². The van der Waals surface area contributed by atoms with E-state index >= 15 is 0 Å². The molecule has 10 heavy (non-hydrogen) atoms. The summed E-state index contributed by atoms with van der Waals surface area (Å²) in [5, 5.41) is 0. The Morgan fingerprint density at radius 3 is 1.30 bits per heavy atom. The van der Waals surface area contributed by atoms with Crippen LogP contribution in [-0.2, 0) is 4.74 Å². The predicted octanol–water partition coefficient (Wildman–Crippen LogP) is 2.85. The van der Waals surface area contributed by atoms with Gasteiger partial charge in [-0.25, -0.2) is 0 Å². The van der Waals surface area contributed by atoms with Crippen molar-refractivity contribution in [2.45, 2.75) is 40.5 Å². The van der Waals surface area contributed by atoms with Crippen LogP contribution in [0.25, 0.3) is 0 Å². The maximum absolute atomic E-state index is 4.94. The van der Waals surface area contributed by atoms with Gasteiger partial charge in [0.1, 0.15) is 0 Å². The molecule has 1 aliphatic rings. The van der Waals surface area contributed by atoms with Gasteiger partial charge in [-0.2, -0.15) is 0 Å². The summed E-state index contributed by atoms with van der Waals surface area (Å²) in [6.07, 6.45) is 2.56. The van der Waals surface area contributed by atoms with Crippen molar-refractivity contribution in [3.8, 4) is 0 Å². The van der Waals surface area contributed by atoms with Crippen LogP contribution in [0.15, 0.2) is 0 Å².